The lowest BCUT2D eigenvalue weighted by Gasteiger charge is -2.33. The highest BCUT2D eigenvalue weighted by Crippen LogP contribution is 2.31. The van der Waals surface area contributed by atoms with E-state index in [0.717, 1.165) is 0 Å². The van der Waals surface area contributed by atoms with Crippen molar-refractivity contribution in [2.24, 2.45) is 0 Å². The minimum Gasteiger partial charge on any atom is -0.467 e. The third-order valence-corrected chi connectivity index (χ3v) is 4.10. The van der Waals surface area contributed by atoms with E-state index in [2.05, 4.69) is 0 Å². The molecule has 0 aromatic heterocycles. The Morgan fingerprint density at radius 2 is 1.58 bits per heavy atom. The Morgan fingerprint density at radius 1 is 1.11 bits per heavy atom. The van der Waals surface area contributed by atoms with Gasteiger partial charge in [0.05, 0.1) is 13.5 Å². The summed E-state index contributed by atoms with van der Waals surface area (Å²) in [5, 5.41) is -0.0568. The van der Waals surface area contributed by atoms with Crippen molar-refractivity contribution in [3.8, 4) is 0 Å². The zero-order chi connectivity index (χ0) is 15.5. The highest BCUT2D eigenvalue weighted by molar-refractivity contribution is 8.14. The standard InChI is InChI=1S/C13H26O4SSi/c1-12(2,3)18-10(14)9-13(4,11(15)16-5)17-19(6,7)8/h9H2,1-8H3/t13-/m0/s1. The molecule has 0 fully saturated rings. The van der Waals surface area contributed by atoms with E-state index in [1.165, 1.54) is 18.9 Å². The molecule has 0 radical (unpaired) electrons. The van der Waals surface area contributed by atoms with Crippen molar-refractivity contribution in [3.63, 3.8) is 0 Å². The quantitative estimate of drug-likeness (QED) is 0.576. The number of esters is 1. The first-order valence-corrected chi connectivity index (χ1v) is 10.5. The van der Waals surface area contributed by atoms with Crippen molar-refractivity contribution in [1.82, 2.24) is 0 Å². The van der Waals surface area contributed by atoms with E-state index >= 15 is 0 Å². The molecule has 4 nitrogen and oxygen atoms in total. The van der Waals surface area contributed by atoms with Crippen molar-refractivity contribution < 1.29 is 18.8 Å². The van der Waals surface area contributed by atoms with Gasteiger partial charge in [-0.05, 0) is 26.6 Å². The minimum atomic E-state index is -1.96. The van der Waals surface area contributed by atoms with Gasteiger partial charge in [0.15, 0.2) is 19.0 Å². The van der Waals surface area contributed by atoms with Crippen molar-refractivity contribution in [3.05, 3.63) is 0 Å². The predicted octanol–water partition coefficient (Wildman–Crippen LogP) is 3.22. The van der Waals surface area contributed by atoms with Crippen LogP contribution in [0.5, 0.6) is 0 Å². The minimum absolute atomic E-state index is 0.0336. The lowest BCUT2D eigenvalue weighted by atomic mass is 10.0. The average molecular weight is 307 g/mol. The van der Waals surface area contributed by atoms with Crippen LogP contribution in [0.2, 0.25) is 19.6 Å². The molecule has 0 bridgehead atoms. The molecule has 0 spiro atoms. The Balaban J connectivity index is 4.98. The molecule has 0 saturated carbocycles. The lowest BCUT2D eigenvalue weighted by Crippen LogP contribution is -2.48. The van der Waals surface area contributed by atoms with Crippen LogP contribution >= 0.6 is 11.8 Å². The average Bonchev–Trinajstić information content (AvgIpc) is 2.09. The molecule has 19 heavy (non-hydrogen) atoms. The molecular weight excluding hydrogens is 280 g/mol. The Labute approximate surface area is 121 Å². The monoisotopic (exact) mass is 306 g/mol. The van der Waals surface area contributed by atoms with E-state index in [1.54, 1.807) is 6.92 Å². The van der Waals surface area contributed by atoms with Gasteiger partial charge in [-0.3, -0.25) is 4.79 Å². The second-order valence-corrected chi connectivity index (χ2v) is 13.0. The van der Waals surface area contributed by atoms with E-state index in [0.29, 0.717) is 0 Å². The van der Waals surface area contributed by atoms with Gasteiger partial charge in [-0.15, -0.1) is 0 Å². The van der Waals surface area contributed by atoms with E-state index in [9.17, 15) is 9.59 Å². The smallest absolute Gasteiger partial charge is 0.337 e. The van der Waals surface area contributed by atoms with Crippen LogP contribution in [-0.2, 0) is 18.8 Å². The predicted molar refractivity (Wildman–Crippen MR) is 81.8 cm³/mol. The number of methoxy groups -OCH3 is 1. The van der Waals surface area contributed by atoms with Gasteiger partial charge in [0.1, 0.15) is 0 Å². The van der Waals surface area contributed by atoms with Gasteiger partial charge in [0, 0.05) is 4.75 Å². The molecular formula is C13H26O4SSi. The van der Waals surface area contributed by atoms with Crippen LogP contribution in [0.25, 0.3) is 0 Å². The van der Waals surface area contributed by atoms with Crippen LogP contribution in [-0.4, -0.2) is 36.9 Å². The summed E-state index contributed by atoms with van der Waals surface area (Å²) in [5.41, 5.74) is -1.19. The van der Waals surface area contributed by atoms with E-state index < -0.39 is 19.9 Å². The molecule has 0 aliphatic rings. The van der Waals surface area contributed by atoms with Crippen LogP contribution < -0.4 is 0 Å². The molecule has 0 saturated heterocycles. The molecule has 0 aliphatic carbocycles. The highest BCUT2D eigenvalue weighted by atomic mass is 32.2. The molecule has 0 N–H and O–H groups in total. The second kappa shape index (κ2) is 6.41. The molecule has 0 rings (SSSR count). The zero-order valence-electron chi connectivity index (χ0n) is 13.2. The first kappa shape index (κ1) is 18.7. The Hall–Kier alpha value is -0.333. The molecule has 0 heterocycles. The molecule has 0 aromatic rings. The van der Waals surface area contributed by atoms with Gasteiger partial charge in [-0.1, -0.05) is 32.5 Å². The fourth-order valence-corrected chi connectivity index (χ4v) is 4.23. The summed E-state index contributed by atoms with van der Waals surface area (Å²) < 4.78 is 10.5. The summed E-state index contributed by atoms with van der Waals surface area (Å²) in [6.07, 6.45) is 0.0336. The van der Waals surface area contributed by atoms with Crippen LogP contribution in [0.1, 0.15) is 34.1 Å². The first-order chi connectivity index (χ1) is 8.29. The molecule has 0 unspecified atom stereocenters. The van der Waals surface area contributed by atoms with Crippen molar-refractivity contribution in [2.75, 3.05) is 7.11 Å². The number of hydrogen-bond acceptors (Lipinski definition) is 5. The van der Waals surface area contributed by atoms with Crippen LogP contribution in [0.3, 0.4) is 0 Å². The van der Waals surface area contributed by atoms with Crippen LogP contribution in [0.15, 0.2) is 0 Å². The normalized spacial score (nSPS) is 15.8. The summed E-state index contributed by atoms with van der Waals surface area (Å²) in [6.45, 7) is 13.5. The SMILES string of the molecule is COC(=O)[C@](C)(CC(=O)SC(C)(C)C)O[Si](C)(C)C. The maximum absolute atomic E-state index is 12.1. The fourth-order valence-electron chi connectivity index (χ4n) is 1.69. The van der Waals surface area contributed by atoms with Gasteiger partial charge < -0.3 is 9.16 Å². The molecule has 1 atom stereocenters. The van der Waals surface area contributed by atoms with Gasteiger partial charge >= 0.3 is 5.97 Å². The zero-order valence-corrected chi connectivity index (χ0v) is 15.1. The lowest BCUT2D eigenvalue weighted by molar-refractivity contribution is -0.160. The fraction of sp³-hybridized carbons (Fsp3) is 0.846. The summed E-state index contributed by atoms with van der Waals surface area (Å²) in [6, 6.07) is 0. The Bertz CT molecular complexity index is 344. The number of rotatable bonds is 5. The van der Waals surface area contributed by atoms with Gasteiger partial charge in [-0.2, -0.15) is 0 Å². The molecule has 112 valence electrons. The maximum Gasteiger partial charge on any atom is 0.337 e. The number of ether oxygens (including phenoxy) is 1. The Kier molecular flexibility index (Phi) is 6.30. The summed E-state index contributed by atoms with van der Waals surface area (Å²) in [7, 11) is -0.644. The largest absolute Gasteiger partial charge is 0.467 e. The number of carbonyl (C=O) groups is 2. The summed E-state index contributed by atoms with van der Waals surface area (Å²) >= 11 is 1.23. The van der Waals surface area contributed by atoms with Crippen molar-refractivity contribution in [2.45, 2.75) is 64.1 Å². The van der Waals surface area contributed by atoms with Crippen molar-refractivity contribution in [1.29, 1.82) is 0 Å². The third-order valence-electron chi connectivity index (χ3n) is 2.05. The molecule has 6 heteroatoms. The highest BCUT2D eigenvalue weighted by Gasteiger charge is 2.42. The number of hydrogen-bond donors (Lipinski definition) is 0. The summed E-state index contributed by atoms with van der Waals surface area (Å²) in [4.78, 5) is 24.0. The third kappa shape index (κ3) is 7.74. The van der Waals surface area contributed by atoms with Gasteiger partial charge in [0.25, 0.3) is 0 Å². The second-order valence-electron chi connectivity index (χ2n) is 6.70. The first-order valence-electron chi connectivity index (χ1n) is 6.29. The Morgan fingerprint density at radius 3 is 1.89 bits per heavy atom. The molecule has 0 aliphatic heterocycles. The van der Waals surface area contributed by atoms with E-state index in [1.807, 2.05) is 40.4 Å². The van der Waals surface area contributed by atoms with Crippen LogP contribution in [0, 0.1) is 0 Å². The van der Waals surface area contributed by atoms with Gasteiger partial charge in [0.2, 0.25) is 0 Å². The maximum atomic E-state index is 12.1. The molecule has 0 amide bonds. The number of thioether (sulfide) groups is 1. The van der Waals surface area contributed by atoms with Gasteiger partial charge in [-0.25, -0.2) is 4.79 Å². The van der Waals surface area contributed by atoms with E-state index in [-0.39, 0.29) is 16.3 Å². The molecule has 0 aromatic carbocycles. The van der Waals surface area contributed by atoms with Crippen molar-refractivity contribution >= 4 is 31.2 Å². The number of carbonyl (C=O) groups excluding carboxylic acids is 2. The van der Waals surface area contributed by atoms with E-state index in [4.69, 9.17) is 9.16 Å². The topological polar surface area (TPSA) is 52.6 Å². The van der Waals surface area contributed by atoms with Crippen LogP contribution in [0.4, 0.5) is 0 Å². The summed E-state index contributed by atoms with van der Waals surface area (Å²) in [5.74, 6) is -0.488.